The van der Waals surface area contributed by atoms with Crippen molar-refractivity contribution in [2.75, 3.05) is 6.54 Å². The van der Waals surface area contributed by atoms with Crippen LogP contribution in [0.4, 0.5) is 0 Å². The van der Waals surface area contributed by atoms with Crippen molar-refractivity contribution in [3.63, 3.8) is 0 Å². The van der Waals surface area contributed by atoms with Gasteiger partial charge in [0, 0.05) is 0 Å². The second kappa shape index (κ2) is 2.35. The molecule has 0 aromatic carbocycles. The quantitative estimate of drug-likeness (QED) is 0.613. The van der Waals surface area contributed by atoms with Gasteiger partial charge in [0.2, 0.25) is 0 Å². The first kappa shape index (κ1) is 8.81. The van der Waals surface area contributed by atoms with E-state index < -0.39 is 11.5 Å². The Morgan fingerprint density at radius 3 is 2.55 bits per heavy atom. The van der Waals surface area contributed by atoms with Crippen molar-refractivity contribution in [1.29, 1.82) is 0 Å². The summed E-state index contributed by atoms with van der Waals surface area (Å²) < 4.78 is 0. The third kappa shape index (κ3) is 0.811. The van der Waals surface area contributed by atoms with E-state index in [-0.39, 0.29) is 12.4 Å². The van der Waals surface area contributed by atoms with Crippen molar-refractivity contribution in [3.8, 4) is 0 Å². The maximum absolute atomic E-state index is 10.7. The Labute approximate surface area is 71.6 Å². The van der Waals surface area contributed by atoms with Crippen LogP contribution in [0.1, 0.15) is 13.3 Å². The molecule has 2 aliphatic heterocycles. The molecule has 3 rings (SSSR count). The van der Waals surface area contributed by atoms with Crippen molar-refractivity contribution in [1.82, 2.24) is 5.32 Å². The molecule has 2 heterocycles. The lowest BCUT2D eigenvalue weighted by Crippen LogP contribution is -2.57. The lowest BCUT2D eigenvalue weighted by molar-refractivity contribution is -0.150. The summed E-state index contributed by atoms with van der Waals surface area (Å²) in [5, 5.41) is 11.9. The molecule has 3 aliphatic rings. The van der Waals surface area contributed by atoms with E-state index >= 15 is 0 Å². The average molecular weight is 178 g/mol. The van der Waals surface area contributed by atoms with Crippen LogP contribution in [0.25, 0.3) is 0 Å². The Morgan fingerprint density at radius 2 is 2.36 bits per heavy atom. The van der Waals surface area contributed by atoms with E-state index in [0.717, 1.165) is 13.0 Å². The van der Waals surface area contributed by atoms with Gasteiger partial charge in [-0.25, -0.2) is 0 Å². The van der Waals surface area contributed by atoms with Crippen LogP contribution in [0, 0.1) is 11.8 Å². The second-order valence-electron chi connectivity index (χ2n) is 3.41. The summed E-state index contributed by atoms with van der Waals surface area (Å²) in [5.41, 5.74) is -0.537. The van der Waals surface area contributed by atoms with Crippen molar-refractivity contribution in [2.24, 2.45) is 11.8 Å². The van der Waals surface area contributed by atoms with Crippen molar-refractivity contribution in [3.05, 3.63) is 0 Å². The van der Waals surface area contributed by atoms with E-state index in [2.05, 4.69) is 5.32 Å². The molecule has 0 aromatic rings. The average Bonchev–Trinajstić information content (AvgIpc) is 2.41. The molecule has 2 bridgehead atoms. The molecule has 0 amide bonds. The van der Waals surface area contributed by atoms with Crippen LogP contribution in [0.15, 0.2) is 0 Å². The standard InChI is InChI=1S/C7H11NO2.ClH/c1-4-5-2-7(4,6(9)10)8-3-5;/h4-5,8H,2-3H2,1H3,(H,9,10);1H/t4-,5+,7+;/m0./s1. The number of hydrogen-bond acceptors (Lipinski definition) is 2. The summed E-state index contributed by atoms with van der Waals surface area (Å²) in [4.78, 5) is 10.7. The Kier molecular flexibility index (Phi) is 1.89. The number of aliphatic carboxylic acids is 1. The van der Waals surface area contributed by atoms with Crippen molar-refractivity contribution in [2.45, 2.75) is 18.9 Å². The highest BCUT2D eigenvalue weighted by Crippen LogP contribution is 2.48. The van der Waals surface area contributed by atoms with Crippen LogP contribution >= 0.6 is 12.4 Å². The Hall–Kier alpha value is -0.280. The Bertz CT molecular complexity index is 193. The van der Waals surface area contributed by atoms with Crippen molar-refractivity contribution < 1.29 is 9.90 Å². The maximum Gasteiger partial charge on any atom is 0.324 e. The lowest BCUT2D eigenvalue weighted by Gasteiger charge is -2.40. The van der Waals surface area contributed by atoms with Crippen molar-refractivity contribution >= 4 is 18.4 Å². The number of carboxylic acid groups (broad SMARTS) is 1. The van der Waals surface area contributed by atoms with E-state index in [1.54, 1.807) is 0 Å². The fraction of sp³-hybridized carbons (Fsp3) is 0.857. The summed E-state index contributed by atoms with van der Waals surface area (Å²) >= 11 is 0. The first-order valence-electron chi connectivity index (χ1n) is 3.65. The summed E-state index contributed by atoms with van der Waals surface area (Å²) in [6, 6.07) is 0. The minimum atomic E-state index is -0.672. The van der Waals surface area contributed by atoms with Crippen LogP contribution in [0.2, 0.25) is 0 Å². The van der Waals surface area contributed by atoms with E-state index in [1.807, 2.05) is 6.92 Å². The van der Waals surface area contributed by atoms with Gasteiger partial charge in [-0.2, -0.15) is 0 Å². The van der Waals surface area contributed by atoms with Gasteiger partial charge in [0.25, 0.3) is 0 Å². The van der Waals surface area contributed by atoms with Crippen LogP contribution < -0.4 is 5.32 Å². The lowest BCUT2D eigenvalue weighted by atomic mass is 9.64. The van der Waals surface area contributed by atoms with Crippen LogP contribution in [0.5, 0.6) is 0 Å². The van der Waals surface area contributed by atoms with Gasteiger partial charge in [0.05, 0.1) is 0 Å². The molecule has 0 spiro atoms. The van der Waals surface area contributed by atoms with E-state index in [4.69, 9.17) is 5.11 Å². The van der Waals surface area contributed by atoms with E-state index in [0.29, 0.717) is 11.8 Å². The molecule has 0 radical (unpaired) electrons. The molecule has 4 heteroatoms. The molecule has 0 unspecified atom stereocenters. The zero-order valence-corrected chi connectivity index (χ0v) is 7.15. The van der Waals surface area contributed by atoms with Gasteiger partial charge in [0.15, 0.2) is 0 Å². The fourth-order valence-corrected chi connectivity index (χ4v) is 2.17. The predicted molar refractivity (Wildman–Crippen MR) is 42.9 cm³/mol. The number of hydrogen-bond donors (Lipinski definition) is 2. The fourth-order valence-electron chi connectivity index (χ4n) is 2.17. The minimum absolute atomic E-state index is 0. The molecule has 3 nitrogen and oxygen atoms in total. The number of fused-ring (bicyclic) bond motifs is 1. The second-order valence-corrected chi connectivity index (χ2v) is 3.41. The molecule has 11 heavy (non-hydrogen) atoms. The van der Waals surface area contributed by atoms with Crippen LogP contribution in [-0.4, -0.2) is 23.2 Å². The molecule has 1 aliphatic carbocycles. The Balaban J connectivity index is 0.000000605. The molecule has 2 saturated heterocycles. The Morgan fingerprint density at radius 1 is 1.73 bits per heavy atom. The topological polar surface area (TPSA) is 49.3 Å². The summed E-state index contributed by atoms with van der Waals surface area (Å²) in [7, 11) is 0. The van der Waals surface area contributed by atoms with Crippen LogP contribution in [-0.2, 0) is 4.79 Å². The number of rotatable bonds is 1. The molecule has 64 valence electrons. The van der Waals surface area contributed by atoms with Gasteiger partial charge in [-0.1, -0.05) is 6.92 Å². The normalized spacial score (nSPS) is 45.9. The number of carboxylic acids is 1. The first-order valence-corrected chi connectivity index (χ1v) is 3.65. The maximum atomic E-state index is 10.7. The molecule has 3 atom stereocenters. The van der Waals surface area contributed by atoms with Gasteiger partial charge in [-0.3, -0.25) is 4.79 Å². The number of halogens is 1. The minimum Gasteiger partial charge on any atom is -0.480 e. The van der Waals surface area contributed by atoms with E-state index in [1.165, 1.54) is 0 Å². The zero-order valence-electron chi connectivity index (χ0n) is 6.33. The highest BCUT2D eigenvalue weighted by Gasteiger charge is 2.61. The third-order valence-corrected chi connectivity index (χ3v) is 3.13. The first-order chi connectivity index (χ1) is 4.67. The zero-order chi connectivity index (χ0) is 7.35. The summed E-state index contributed by atoms with van der Waals surface area (Å²) in [6.45, 7) is 2.91. The number of carbonyl (C=O) groups is 1. The largest absolute Gasteiger partial charge is 0.480 e. The number of nitrogens with one attached hydrogen (secondary N) is 1. The predicted octanol–water partition coefficient (Wildman–Crippen LogP) is 0.491. The third-order valence-electron chi connectivity index (χ3n) is 3.13. The van der Waals surface area contributed by atoms with Gasteiger partial charge >= 0.3 is 5.97 Å². The molecule has 0 aromatic heterocycles. The molecular weight excluding hydrogens is 166 g/mol. The SMILES string of the molecule is C[C@H]1[C@H]2CN[C@]1(C(=O)O)C2.Cl. The van der Waals surface area contributed by atoms with Gasteiger partial charge in [0.1, 0.15) is 5.54 Å². The van der Waals surface area contributed by atoms with E-state index in [9.17, 15) is 4.79 Å². The smallest absolute Gasteiger partial charge is 0.324 e. The molecular formula is C7H12ClNO2. The highest BCUT2D eigenvalue weighted by molar-refractivity contribution is 5.85. The van der Waals surface area contributed by atoms with Gasteiger partial charge in [-0.15, -0.1) is 12.4 Å². The van der Waals surface area contributed by atoms with Gasteiger partial charge in [-0.05, 0) is 24.8 Å². The monoisotopic (exact) mass is 177 g/mol. The van der Waals surface area contributed by atoms with Gasteiger partial charge < -0.3 is 10.4 Å². The van der Waals surface area contributed by atoms with Crippen LogP contribution in [0.3, 0.4) is 0 Å². The summed E-state index contributed by atoms with van der Waals surface area (Å²) in [5.74, 6) is 0.287. The summed E-state index contributed by atoms with van der Waals surface area (Å²) in [6.07, 6.45) is 0.837. The highest BCUT2D eigenvalue weighted by atomic mass is 35.5. The molecule has 2 N–H and O–H groups in total. The molecule has 1 saturated carbocycles. The molecule has 3 fully saturated rings.